The van der Waals surface area contributed by atoms with Gasteiger partial charge in [0.2, 0.25) is 5.91 Å². The van der Waals surface area contributed by atoms with Crippen LogP contribution in [0.4, 0.5) is 11.4 Å². The molecule has 4 aromatic rings. The molecular formula is C22H22N6OS. The van der Waals surface area contributed by atoms with E-state index < -0.39 is 0 Å². The van der Waals surface area contributed by atoms with Crippen LogP contribution in [0.25, 0.3) is 16.7 Å². The number of benzene rings is 2. The van der Waals surface area contributed by atoms with Crippen LogP contribution in [0.1, 0.15) is 5.56 Å². The molecule has 0 unspecified atom stereocenters. The van der Waals surface area contributed by atoms with Gasteiger partial charge in [0.05, 0.1) is 23.0 Å². The molecule has 8 heteroatoms. The Balaban J connectivity index is 1.46. The van der Waals surface area contributed by atoms with Gasteiger partial charge >= 0.3 is 0 Å². The number of hydrogen-bond donors (Lipinski definition) is 1. The standard InChI is InChI=1S/C22H22N6OS/c1-15-4-8-18(9-5-15)28-21-19(12-25-28)22(24-14-23-21)30-13-20(29)26-16-6-10-17(11-7-16)27(2)3/h4-12,14H,13H2,1-3H3,(H,26,29). The molecule has 1 N–H and O–H groups in total. The lowest BCUT2D eigenvalue weighted by molar-refractivity contribution is -0.113. The average Bonchev–Trinajstić information content (AvgIpc) is 3.18. The molecule has 0 aliphatic carbocycles. The summed E-state index contributed by atoms with van der Waals surface area (Å²) >= 11 is 1.37. The molecule has 0 radical (unpaired) electrons. The largest absolute Gasteiger partial charge is 0.378 e. The summed E-state index contributed by atoms with van der Waals surface area (Å²) in [6, 6.07) is 15.8. The fourth-order valence-corrected chi connectivity index (χ4v) is 3.75. The monoisotopic (exact) mass is 418 g/mol. The first-order chi connectivity index (χ1) is 14.5. The fraction of sp³-hybridized carbons (Fsp3) is 0.182. The molecule has 0 fully saturated rings. The second-order valence-corrected chi connectivity index (χ2v) is 8.05. The van der Waals surface area contributed by atoms with Crippen LogP contribution in [0, 0.1) is 6.92 Å². The van der Waals surface area contributed by atoms with Gasteiger partial charge in [0.15, 0.2) is 5.65 Å². The Hall–Kier alpha value is -3.39. The molecule has 2 aromatic carbocycles. The molecule has 4 rings (SSSR count). The lowest BCUT2D eigenvalue weighted by Gasteiger charge is -2.13. The number of hydrogen-bond acceptors (Lipinski definition) is 6. The number of nitrogens with zero attached hydrogens (tertiary/aromatic N) is 5. The van der Waals surface area contributed by atoms with Crippen LogP contribution in [-0.4, -0.2) is 45.5 Å². The molecule has 0 atom stereocenters. The minimum atomic E-state index is -0.0877. The average molecular weight is 419 g/mol. The number of carbonyl (C=O) groups excluding carboxylic acids is 1. The molecule has 152 valence electrons. The van der Waals surface area contributed by atoms with Crippen molar-refractivity contribution in [3.05, 3.63) is 66.6 Å². The highest BCUT2D eigenvalue weighted by Crippen LogP contribution is 2.26. The Bertz CT molecular complexity index is 1170. The van der Waals surface area contributed by atoms with Gasteiger partial charge in [-0.15, -0.1) is 0 Å². The van der Waals surface area contributed by atoms with Gasteiger partial charge in [-0.3, -0.25) is 4.79 Å². The van der Waals surface area contributed by atoms with Crippen LogP contribution in [-0.2, 0) is 4.79 Å². The van der Waals surface area contributed by atoms with Crippen molar-refractivity contribution in [3.8, 4) is 5.69 Å². The van der Waals surface area contributed by atoms with E-state index in [-0.39, 0.29) is 11.7 Å². The van der Waals surface area contributed by atoms with E-state index in [1.165, 1.54) is 23.7 Å². The van der Waals surface area contributed by atoms with Crippen LogP contribution >= 0.6 is 11.8 Å². The van der Waals surface area contributed by atoms with Gasteiger partial charge in [0, 0.05) is 25.5 Å². The fourth-order valence-electron chi connectivity index (χ4n) is 2.99. The molecule has 0 bridgehead atoms. The molecule has 0 saturated heterocycles. The first-order valence-corrected chi connectivity index (χ1v) is 10.5. The molecule has 0 saturated carbocycles. The van der Waals surface area contributed by atoms with Gasteiger partial charge in [0.25, 0.3) is 0 Å². The Kier molecular flexibility index (Phi) is 5.67. The van der Waals surface area contributed by atoms with Gasteiger partial charge in [-0.05, 0) is 43.3 Å². The molecule has 7 nitrogen and oxygen atoms in total. The summed E-state index contributed by atoms with van der Waals surface area (Å²) in [6.07, 6.45) is 3.25. The summed E-state index contributed by atoms with van der Waals surface area (Å²) in [5, 5.41) is 8.95. The second kappa shape index (κ2) is 8.54. The van der Waals surface area contributed by atoms with Crippen molar-refractivity contribution in [1.82, 2.24) is 19.7 Å². The molecule has 0 aliphatic rings. The maximum atomic E-state index is 12.4. The predicted octanol–water partition coefficient (Wildman–Crippen LogP) is 3.92. The van der Waals surface area contributed by atoms with E-state index in [0.29, 0.717) is 0 Å². The number of thioether (sulfide) groups is 1. The van der Waals surface area contributed by atoms with Crippen molar-refractivity contribution in [3.63, 3.8) is 0 Å². The van der Waals surface area contributed by atoms with E-state index in [1.807, 2.05) is 74.4 Å². The van der Waals surface area contributed by atoms with E-state index in [2.05, 4.69) is 20.4 Å². The zero-order valence-corrected chi connectivity index (χ0v) is 17.8. The predicted molar refractivity (Wildman–Crippen MR) is 122 cm³/mol. The van der Waals surface area contributed by atoms with Crippen molar-refractivity contribution in [2.45, 2.75) is 11.9 Å². The SMILES string of the molecule is Cc1ccc(-n2ncc3c(SCC(=O)Nc4ccc(N(C)C)cc4)ncnc32)cc1. The highest BCUT2D eigenvalue weighted by molar-refractivity contribution is 8.00. The Morgan fingerprint density at radius 1 is 1.07 bits per heavy atom. The third-order valence-electron chi connectivity index (χ3n) is 4.62. The van der Waals surface area contributed by atoms with Gasteiger partial charge < -0.3 is 10.2 Å². The molecule has 30 heavy (non-hydrogen) atoms. The first-order valence-electron chi connectivity index (χ1n) is 9.47. The summed E-state index contributed by atoms with van der Waals surface area (Å²) in [7, 11) is 3.96. The maximum Gasteiger partial charge on any atom is 0.234 e. The Morgan fingerprint density at radius 3 is 2.50 bits per heavy atom. The lowest BCUT2D eigenvalue weighted by atomic mass is 10.2. The van der Waals surface area contributed by atoms with E-state index in [1.54, 1.807) is 10.9 Å². The van der Waals surface area contributed by atoms with Gasteiger partial charge in [0.1, 0.15) is 11.4 Å². The summed E-state index contributed by atoms with van der Waals surface area (Å²) in [6.45, 7) is 2.05. The van der Waals surface area contributed by atoms with Crippen molar-refractivity contribution >= 4 is 40.1 Å². The van der Waals surface area contributed by atoms with E-state index in [0.717, 1.165) is 33.1 Å². The molecule has 2 aromatic heterocycles. The number of nitrogens with one attached hydrogen (secondary N) is 1. The number of carbonyl (C=O) groups is 1. The molecule has 0 spiro atoms. The summed E-state index contributed by atoms with van der Waals surface area (Å²) < 4.78 is 1.78. The number of rotatable bonds is 6. The zero-order valence-electron chi connectivity index (χ0n) is 17.0. The highest BCUT2D eigenvalue weighted by atomic mass is 32.2. The lowest BCUT2D eigenvalue weighted by Crippen LogP contribution is -2.14. The Morgan fingerprint density at radius 2 is 1.80 bits per heavy atom. The number of aryl methyl sites for hydroxylation is 1. The molecule has 0 aliphatic heterocycles. The van der Waals surface area contributed by atoms with Gasteiger partial charge in [-0.2, -0.15) is 5.10 Å². The zero-order chi connectivity index (χ0) is 21.1. The topological polar surface area (TPSA) is 75.9 Å². The molecule has 1 amide bonds. The minimum absolute atomic E-state index is 0.0877. The smallest absolute Gasteiger partial charge is 0.234 e. The number of aromatic nitrogens is 4. The van der Waals surface area contributed by atoms with E-state index in [9.17, 15) is 4.79 Å². The third kappa shape index (κ3) is 4.28. The van der Waals surface area contributed by atoms with Crippen LogP contribution < -0.4 is 10.2 Å². The maximum absolute atomic E-state index is 12.4. The van der Waals surface area contributed by atoms with Crippen molar-refractivity contribution in [2.24, 2.45) is 0 Å². The normalized spacial score (nSPS) is 10.9. The van der Waals surface area contributed by atoms with Crippen molar-refractivity contribution < 1.29 is 4.79 Å². The van der Waals surface area contributed by atoms with Crippen molar-refractivity contribution in [1.29, 1.82) is 0 Å². The van der Waals surface area contributed by atoms with E-state index in [4.69, 9.17) is 0 Å². The summed E-state index contributed by atoms with van der Waals surface area (Å²) in [5.41, 5.74) is 4.69. The van der Waals surface area contributed by atoms with Crippen LogP contribution in [0.3, 0.4) is 0 Å². The third-order valence-corrected chi connectivity index (χ3v) is 5.62. The number of amides is 1. The van der Waals surface area contributed by atoms with Crippen LogP contribution in [0.5, 0.6) is 0 Å². The quantitative estimate of drug-likeness (QED) is 0.378. The second-order valence-electron chi connectivity index (χ2n) is 7.09. The Labute approximate surface area is 179 Å². The van der Waals surface area contributed by atoms with Crippen LogP contribution in [0.15, 0.2) is 66.1 Å². The summed E-state index contributed by atoms with van der Waals surface area (Å²) in [5.74, 6) is 0.160. The van der Waals surface area contributed by atoms with Crippen LogP contribution in [0.2, 0.25) is 0 Å². The number of fused-ring (bicyclic) bond motifs is 1. The van der Waals surface area contributed by atoms with Crippen molar-refractivity contribution in [2.75, 3.05) is 30.1 Å². The molecule has 2 heterocycles. The van der Waals surface area contributed by atoms with Gasteiger partial charge in [-0.25, -0.2) is 14.6 Å². The minimum Gasteiger partial charge on any atom is -0.378 e. The first kappa shape index (κ1) is 19.9. The molecular weight excluding hydrogens is 396 g/mol. The van der Waals surface area contributed by atoms with E-state index >= 15 is 0 Å². The summed E-state index contributed by atoms with van der Waals surface area (Å²) in [4.78, 5) is 23.1. The number of anilines is 2. The highest BCUT2D eigenvalue weighted by Gasteiger charge is 2.13. The van der Waals surface area contributed by atoms with Gasteiger partial charge in [-0.1, -0.05) is 29.5 Å².